The zero-order chi connectivity index (χ0) is 10.4. The highest BCUT2D eigenvalue weighted by Crippen LogP contribution is 2.26. The van der Waals surface area contributed by atoms with E-state index in [2.05, 4.69) is 24.2 Å². The Morgan fingerprint density at radius 1 is 1.43 bits per heavy atom. The van der Waals surface area contributed by atoms with E-state index in [1.165, 1.54) is 25.8 Å². The number of unbranched alkanes of at least 4 members (excludes halogenated alkanes) is 1. The molecule has 84 valence electrons. The summed E-state index contributed by atoms with van der Waals surface area (Å²) in [7, 11) is 2.24. The summed E-state index contributed by atoms with van der Waals surface area (Å²) in [5.41, 5.74) is 5.44. The minimum absolute atomic E-state index is 0.739. The van der Waals surface area contributed by atoms with Gasteiger partial charge in [0.05, 0.1) is 0 Å². The van der Waals surface area contributed by atoms with Crippen molar-refractivity contribution < 1.29 is 0 Å². The van der Waals surface area contributed by atoms with Gasteiger partial charge < -0.3 is 16.0 Å². The molecule has 1 rings (SSSR count). The minimum Gasteiger partial charge on any atom is -0.330 e. The average molecular weight is 199 g/mol. The smallest absolute Gasteiger partial charge is 0.0262 e. The zero-order valence-corrected chi connectivity index (χ0v) is 9.63. The first kappa shape index (κ1) is 12.0. The van der Waals surface area contributed by atoms with Gasteiger partial charge in [-0.05, 0) is 45.9 Å². The van der Waals surface area contributed by atoms with Crippen molar-refractivity contribution in [1.29, 1.82) is 0 Å². The van der Waals surface area contributed by atoms with Crippen LogP contribution in [0.15, 0.2) is 0 Å². The average Bonchev–Trinajstić information content (AvgIpc) is 2.94. The van der Waals surface area contributed by atoms with Crippen LogP contribution < -0.4 is 11.1 Å². The fraction of sp³-hybridized carbons (Fsp3) is 1.00. The fourth-order valence-electron chi connectivity index (χ4n) is 1.85. The Bertz CT molecular complexity index is 149. The number of nitrogens with two attached hydrogens (primary N) is 1. The van der Waals surface area contributed by atoms with Crippen LogP contribution in [0, 0.1) is 0 Å². The van der Waals surface area contributed by atoms with E-state index in [1.807, 2.05) is 0 Å². The zero-order valence-electron chi connectivity index (χ0n) is 9.63. The Labute approximate surface area is 88.0 Å². The Morgan fingerprint density at radius 2 is 2.21 bits per heavy atom. The van der Waals surface area contributed by atoms with E-state index in [9.17, 15) is 0 Å². The summed E-state index contributed by atoms with van der Waals surface area (Å²) < 4.78 is 0. The van der Waals surface area contributed by atoms with Gasteiger partial charge in [-0.1, -0.05) is 13.3 Å². The molecule has 1 aliphatic rings. The maximum Gasteiger partial charge on any atom is 0.0262 e. The van der Waals surface area contributed by atoms with Crippen LogP contribution in [-0.4, -0.2) is 43.7 Å². The first-order valence-electron chi connectivity index (χ1n) is 5.93. The molecule has 2 atom stereocenters. The maximum atomic E-state index is 5.44. The number of nitrogens with zero attached hydrogens (tertiary/aromatic N) is 1. The van der Waals surface area contributed by atoms with Gasteiger partial charge in [0.1, 0.15) is 0 Å². The molecule has 1 aliphatic carbocycles. The van der Waals surface area contributed by atoms with E-state index in [1.54, 1.807) is 0 Å². The van der Waals surface area contributed by atoms with E-state index in [-0.39, 0.29) is 0 Å². The van der Waals surface area contributed by atoms with Crippen LogP contribution in [-0.2, 0) is 0 Å². The number of hydrogen-bond acceptors (Lipinski definition) is 3. The van der Waals surface area contributed by atoms with Crippen LogP contribution in [0.2, 0.25) is 0 Å². The summed E-state index contributed by atoms with van der Waals surface area (Å²) in [6.07, 6.45) is 5.04. The number of hydrogen-bond donors (Lipinski definition) is 2. The fourth-order valence-corrected chi connectivity index (χ4v) is 1.85. The van der Waals surface area contributed by atoms with Gasteiger partial charge in [-0.2, -0.15) is 0 Å². The molecule has 0 aromatic heterocycles. The Hall–Kier alpha value is -0.120. The van der Waals surface area contributed by atoms with E-state index >= 15 is 0 Å². The van der Waals surface area contributed by atoms with Crippen LogP contribution in [0.5, 0.6) is 0 Å². The first-order chi connectivity index (χ1) is 6.79. The van der Waals surface area contributed by atoms with Gasteiger partial charge >= 0.3 is 0 Å². The van der Waals surface area contributed by atoms with E-state index in [0.717, 1.165) is 31.6 Å². The summed E-state index contributed by atoms with van der Waals surface area (Å²) in [5, 5.41) is 3.54. The molecule has 0 bridgehead atoms. The lowest BCUT2D eigenvalue weighted by Gasteiger charge is -2.16. The highest BCUT2D eigenvalue weighted by Gasteiger charge is 2.39. The second-order valence-corrected chi connectivity index (χ2v) is 4.34. The van der Waals surface area contributed by atoms with Crippen molar-refractivity contribution in [2.45, 2.75) is 44.7 Å². The maximum absolute atomic E-state index is 5.44. The predicted molar refractivity (Wildman–Crippen MR) is 61.4 cm³/mol. The van der Waals surface area contributed by atoms with Crippen molar-refractivity contribution in [3.8, 4) is 0 Å². The third kappa shape index (κ3) is 3.95. The molecule has 14 heavy (non-hydrogen) atoms. The monoisotopic (exact) mass is 199 g/mol. The Balaban J connectivity index is 2.00. The lowest BCUT2D eigenvalue weighted by molar-refractivity contribution is 0.306. The number of rotatable bonds is 8. The van der Waals surface area contributed by atoms with Gasteiger partial charge in [0.2, 0.25) is 0 Å². The number of likely N-dealkylation sites (N-methyl/N-ethyl adjacent to an activating group) is 1. The van der Waals surface area contributed by atoms with E-state index in [0.29, 0.717) is 0 Å². The molecular weight excluding hydrogens is 174 g/mol. The predicted octanol–water partition coefficient (Wildman–Crippen LogP) is 0.798. The molecule has 0 amide bonds. The van der Waals surface area contributed by atoms with Crippen molar-refractivity contribution >= 4 is 0 Å². The summed E-state index contributed by atoms with van der Waals surface area (Å²) in [6, 6.07) is 1.53. The van der Waals surface area contributed by atoms with Gasteiger partial charge in [-0.15, -0.1) is 0 Å². The number of nitrogens with one attached hydrogen (secondary N) is 1. The van der Waals surface area contributed by atoms with Crippen LogP contribution >= 0.6 is 0 Å². The van der Waals surface area contributed by atoms with Crippen molar-refractivity contribution in [2.24, 2.45) is 5.73 Å². The molecular formula is C11H25N3. The highest BCUT2D eigenvalue weighted by atomic mass is 15.2. The molecule has 3 N–H and O–H groups in total. The van der Waals surface area contributed by atoms with Crippen molar-refractivity contribution in [2.75, 3.05) is 26.7 Å². The lowest BCUT2D eigenvalue weighted by Crippen LogP contribution is -2.31. The van der Waals surface area contributed by atoms with Gasteiger partial charge in [0.25, 0.3) is 0 Å². The molecule has 3 heteroatoms. The SMILES string of the molecule is CCCCN(C)C1CC1NCCCN. The Kier molecular flexibility index (Phi) is 5.45. The van der Waals surface area contributed by atoms with Crippen molar-refractivity contribution in [3.05, 3.63) is 0 Å². The lowest BCUT2D eigenvalue weighted by atomic mass is 10.3. The van der Waals surface area contributed by atoms with Gasteiger partial charge in [0.15, 0.2) is 0 Å². The normalized spacial score (nSPS) is 25.7. The highest BCUT2D eigenvalue weighted by molar-refractivity contribution is 5.00. The van der Waals surface area contributed by atoms with Crippen LogP contribution in [0.4, 0.5) is 0 Å². The molecule has 0 aromatic carbocycles. The Morgan fingerprint density at radius 3 is 2.86 bits per heavy atom. The molecule has 0 saturated heterocycles. The van der Waals surface area contributed by atoms with Crippen LogP contribution in [0.3, 0.4) is 0 Å². The molecule has 0 spiro atoms. The molecule has 0 aliphatic heterocycles. The van der Waals surface area contributed by atoms with Gasteiger partial charge in [-0.3, -0.25) is 0 Å². The largest absolute Gasteiger partial charge is 0.330 e. The summed E-state index contributed by atoms with van der Waals surface area (Å²) in [5.74, 6) is 0. The molecule has 0 heterocycles. The standard InChI is InChI=1S/C11H25N3/c1-3-4-8-14(2)11-9-10(11)13-7-5-6-12/h10-11,13H,3-9,12H2,1-2H3. The second kappa shape index (κ2) is 6.38. The molecule has 0 radical (unpaired) electrons. The van der Waals surface area contributed by atoms with Crippen LogP contribution in [0.1, 0.15) is 32.6 Å². The summed E-state index contributed by atoms with van der Waals surface area (Å²) >= 11 is 0. The van der Waals surface area contributed by atoms with Crippen molar-refractivity contribution in [3.63, 3.8) is 0 Å². The summed E-state index contributed by atoms with van der Waals surface area (Å²) in [4.78, 5) is 2.49. The molecule has 0 aromatic rings. The molecule has 1 fully saturated rings. The third-order valence-corrected chi connectivity index (χ3v) is 2.97. The minimum atomic E-state index is 0.739. The quantitative estimate of drug-likeness (QED) is 0.568. The van der Waals surface area contributed by atoms with Gasteiger partial charge in [0, 0.05) is 12.1 Å². The first-order valence-corrected chi connectivity index (χ1v) is 5.93. The second-order valence-electron chi connectivity index (χ2n) is 4.34. The van der Waals surface area contributed by atoms with Crippen LogP contribution in [0.25, 0.3) is 0 Å². The van der Waals surface area contributed by atoms with Gasteiger partial charge in [-0.25, -0.2) is 0 Å². The molecule has 3 nitrogen and oxygen atoms in total. The summed E-state index contributed by atoms with van der Waals surface area (Å²) in [6.45, 7) is 5.38. The molecule has 2 unspecified atom stereocenters. The topological polar surface area (TPSA) is 41.3 Å². The third-order valence-electron chi connectivity index (χ3n) is 2.97. The van der Waals surface area contributed by atoms with Crippen molar-refractivity contribution in [1.82, 2.24) is 10.2 Å². The molecule has 1 saturated carbocycles. The van der Waals surface area contributed by atoms with E-state index in [4.69, 9.17) is 5.73 Å². The van der Waals surface area contributed by atoms with E-state index < -0.39 is 0 Å².